The molecule has 0 spiro atoms. The van der Waals surface area contributed by atoms with Gasteiger partial charge in [-0.25, -0.2) is 9.59 Å². The Labute approximate surface area is 182 Å². The summed E-state index contributed by atoms with van der Waals surface area (Å²) < 4.78 is 33.5. The van der Waals surface area contributed by atoms with E-state index < -0.39 is 36.5 Å². The third-order valence-corrected chi connectivity index (χ3v) is 5.78. The number of alkyl halides is 2. The highest BCUT2D eigenvalue weighted by Gasteiger charge is 2.45. The summed E-state index contributed by atoms with van der Waals surface area (Å²) >= 11 is 0. The van der Waals surface area contributed by atoms with Gasteiger partial charge in [0.1, 0.15) is 12.6 Å². The summed E-state index contributed by atoms with van der Waals surface area (Å²) in [5, 5.41) is 12.8. The molecule has 1 fully saturated rings. The molecule has 1 unspecified atom stereocenters. The van der Waals surface area contributed by atoms with E-state index in [9.17, 15) is 23.2 Å². The van der Waals surface area contributed by atoms with Crippen LogP contribution in [0.15, 0.2) is 48.5 Å². The fourth-order valence-corrected chi connectivity index (χ4v) is 3.97. The number of alkyl carbamates (subject to hydrolysis) is 1. The second-order valence-corrected chi connectivity index (χ2v) is 8.01. The van der Waals surface area contributed by atoms with E-state index in [-0.39, 0.29) is 18.4 Å². The number of ether oxygens (including phenoxy) is 1. The molecule has 0 saturated heterocycles. The van der Waals surface area contributed by atoms with E-state index >= 15 is 0 Å². The SMILES string of the molecule is O=C(NCC(F)(F)C(=O)NC(C(=O)O)C1CC1)OCC1c2ccccc2-c2ccccc21. The van der Waals surface area contributed by atoms with Crippen molar-refractivity contribution in [3.05, 3.63) is 59.7 Å². The maximum atomic E-state index is 14.1. The van der Waals surface area contributed by atoms with E-state index in [1.165, 1.54) is 0 Å². The lowest BCUT2D eigenvalue weighted by atomic mass is 9.98. The molecule has 3 N–H and O–H groups in total. The number of benzene rings is 2. The van der Waals surface area contributed by atoms with E-state index in [1.807, 2.05) is 59.2 Å². The van der Waals surface area contributed by atoms with Crippen LogP contribution in [0.2, 0.25) is 0 Å². The summed E-state index contributed by atoms with van der Waals surface area (Å²) in [6.45, 7) is -1.35. The maximum Gasteiger partial charge on any atom is 0.407 e. The molecule has 2 amide bonds. The van der Waals surface area contributed by atoms with Gasteiger partial charge in [-0.1, -0.05) is 48.5 Å². The summed E-state index contributed by atoms with van der Waals surface area (Å²) in [6, 6.07) is 14.0. The number of carbonyl (C=O) groups excluding carboxylic acids is 2. The minimum atomic E-state index is -3.98. The van der Waals surface area contributed by atoms with Crippen LogP contribution in [0, 0.1) is 5.92 Å². The van der Waals surface area contributed by atoms with Crippen LogP contribution in [0.5, 0.6) is 0 Å². The number of rotatable bonds is 8. The van der Waals surface area contributed by atoms with Crippen LogP contribution in [0.1, 0.15) is 29.9 Å². The van der Waals surface area contributed by atoms with Gasteiger partial charge in [0.25, 0.3) is 5.91 Å². The van der Waals surface area contributed by atoms with Crippen molar-refractivity contribution >= 4 is 18.0 Å². The van der Waals surface area contributed by atoms with Gasteiger partial charge in [-0.05, 0) is 41.0 Å². The van der Waals surface area contributed by atoms with Crippen molar-refractivity contribution in [3.8, 4) is 11.1 Å². The first-order valence-corrected chi connectivity index (χ1v) is 10.3. The van der Waals surface area contributed by atoms with Gasteiger partial charge < -0.3 is 20.5 Å². The van der Waals surface area contributed by atoms with Gasteiger partial charge in [0, 0.05) is 5.92 Å². The zero-order chi connectivity index (χ0) is 22.9. The summed E-state index contributed by atoms with van der Waals surface area (Å²) in [4.78, 5) is 35.0. The number of hydrogen-bond acceptors (Lipinski definition) is 4. The fourth-order valence-electron chi connectivity index (χ4n) is 3.97. The Balaban J connectivity index is 1.32. The van der Waals surface area contributed by atoms with Crippen molar-refractivity contribution in [2.75, 3.05) is 13.2 Å². The van der Waals surface area contributed by atoms with Crippen LogP contribution >= 0.6 is 0 Å². The smallest absolute Gasteiger partial charge is 0.407 e. The lowest BCUT2D eigenvalue weighted by molar-refractivity contribution is -0.151. The van der Waals surface area contributed by atoms with E-state index in [4.69, 9.17) is 9.84 Å². The minimum Gasteiger partial charge on any atom is -0.480 e. The van der Waals surface area contributed by atoms with Gasteiger partial charge >= 0.3 is 18.0 Å². The quantitative estimate of drug-likeness (QED) is 0.580. The lowest BCUT2D eigenvalue weighted by Crippen LogP contribution is -2.53. The molecule has 0 radical (unpaired) electrons. The van der Waals surface area contributed by atoms with E-state index in [0.717, 1.165) is 22.3 Å². The highest BCUT2D eigenvalue weighted by atomic mass is 19.3. The largest absolute Gasteiger partial charge is 0.480 e. The number of nitrogens with one attached hydrogen (secondary N) is 2. The molecule has 168 valence electrons. The first-order valence-electron chi connectivity index (χ1n) is 10.3. The Kier molecular flexibility index (Phi) is 5.82. The van der Waals surface area contributed by atoms with Crippen molar-refractivity contribution in [2.24, 2.45) is 5.92 Å². The predicted molar refractivity (Wildman–Crippen MR) is 110 cm³/mol. The zero-order valence-corrected chi connectivity index (χ0v) is 17.0. The molecule has 7 nitrogen and oxygen atoms in total. The molecule has 9 heteroatoms. The van der Waals surface area contributed by atoms with Crippen LogP contribution < -0.4 is 10.6 Å². The molecule has 2 aromatic carbocycles. The molecule has 4 rings (SSSR count). The Morgan fingerprint density at radius 2 is 1.59 bits per heavy atom. The number of fused-ring (bicyclic) bond motifs is 3. The number of carboxylic acid groups (broad SMARTS) is 1. The molecule has 0 aromatic heterocycles. The third-order valence-electron chi connectivity index (χ3n) is 5.78. The third kappa shape index (κ3) is 4.42. The number of hydrogen-bond donors (Lipinski definition) is 3. The van der Waals surface area contributed by atoms with Crippen molar-refractivity contribution in [1.29, 1.82) is 0 Å². The summed E-state index contributed by atoms with van der Waals surface area (Å²) in [7, 11) is 0. The van der Waals surface area contributed by atoms with E-state index in [2.05, 4.69) is 0 Å². The standard InChI is InChI=1S/C23H22F2N2O5/c24-23(25,21(30)27-19(20(28)29)13-9-10-13)12-26-22(31)32-11-18-16-7-3-1-5-14(16)15-6-2-4-8-17(15)18/h1-8,13,18-19H,9-12H2,(H,26,31)(H,27,30)(H,28,29). The Bertz CT molecular complexity index is 1010. The number of carboxylic acids is 1. The second kappa shape index (κ2) is 8.57. The first kappa shape index (κ1) is 21.7. The monoisotopic (exact) mass is 444 g/mol. The van der Waals surface area contributed by atoms with Crippen LogP contribution in [-0.4, -0.2) is 48.2 Å². The molecule has 32 heavy (non-hydrogen) atoms. The van der Waals surface area contributed by atoms with Gasteiger partial charge in [-0.3, -0.25) is 4.79 Å². The van der Waals surface area contributed by atoms with Crippen molar-refractivity contribution in [2.45, 2.75) is 30.7 Å². The van der Waals surface area contributed by atoms with Gasteiger partial charge in [0.05, 0.1) is 6.54 Å². The number of aliphatic carboxylic acids is 1. The predicted octanol–water partition coefficient (Wildman–Crippen LogP) is 3.14. The van der Waals surface area contributed by atoms with Gasteiger partial charge in [0.15, 0.2) is 0 Å². The molecular formula is C23H22F2N2O5. The highest BCUT2D eigenvalue weighted by Crippen LogP contribution is 2.44. The fraction of sp³-hybridized carbons (Fsp3) is 0.348. The first-order chi connectivity index (χ1) is 15.3. The summed E-state index contributed by atoms with van der Waals surface area (Å²) in [5.74, 6) is -7.65. The Morgan fingerprint density at radius 1 is 1.03 bits per heavy atom. The van der Waals surface area contributed by atoms with E-state index in [1.54, 1.807) is 0 Å². The molecule has 2 aliphatic rings. The number of amides is 2. The van der Waals surface area contributed by atoms with Crippen molar-refractivity contribution in [1.82, 2.24) is 10.6 Å². The summed E-state index contributed by atoms with van der Waals surface area (Å²) in [5.41, 5.74) is 4.02. The number of halogens is 2. The second-order valence-electron chi connectivity index (χ2n) is 8.01. The van der Waals surface area contributed by atoms with Crippen LogP contribution in [-0.2, 0) is 14.3 Å². The lowest BCUT2D eigenvalue weighted by Gasteiger charge is -2.20. The highest BCUT2D eigenvalue weighted by molar-refractivity contribution is 5.89. The Hall–Kier alpha value is -3.49. The number of carbonyl (C=O) groups is 3. The van der Waals surface area contributed by atoms with Gasteiger partial charge in [-0.15, -0.1) is 0 Å². The summed E-state index contributed by atoms with van der Waals surface area (Å²) in [6.07, 6.45) is 0.0260. The molecule has 1 saturated carbocycles. The van der Waals surface area contributed by atoms with Crippen LogP contribution in [0.3, 0.4) is 0 Å². The minimum absolute atomic E-state index is 0.0552. The zero-order valence-electron chi connectivity index (χ0n) is 17.0. The molecule has 2 aliphatic carbocycles. The average Bonchev–Trinajstić information content (AvgIpc) is 3.56. The molecule has 2 aromatic rings. The average molecular weight is 444 g/mol. The van der Waals surface area contributed by atoms with Crippen molar-refractivity contribution < 1.29 is 33.0 Å². The molecular weight excluding hydrogens is 422 g/mol. The van der Waals surface area contributed by atoms with E-state index in [0.29, 0.717) is 12.8 Å². The Morgan fingerprint density at radius 3 is 2.12 bits per heavy atom. The molecule has 1 atom stereocenters. The molecule has 0 bridgehead atoms. The molecule has 0 heterocycles. The van der Waals surface area contributed by atoms with Crippen LogP contribution in [0.4, 0.5) is 13.6 Å². The van der Waals surface area contributed by atoms with Crippen LogP contribution in [0.25, 0.3) is 11.1 Å². The van der Waals surface area contributed by atoms with Gasteiger partial charge in [-0.2, -0.15) is 8.78 Å². The topological polar surface area (TPSA) is 105 Å². The van der Waals surface area contributed by atoms with Gasteiger partial charge in [0.2, 0.25) is 0 Å². The van der Waals surface area contributed by atoms with Crippen molar-refractivity contribution in [3.63, 3.8) is 0 Å². The normalized spacial score (nSPS) is 15.9. The maximum absolute atomic E-state index is 14.1. The molecule has 0 aliphatic heterocycles.